The maximum atomic E-state index is 14.0. The van der Waals surface area contributed by atoms with Crippen LogP contribution in [0.15, 0.2) is 16.6 Å². The van der Waals surface area contributed by atoms with Gasteiger partial charge in [-0.2, -0.15) is 0 Å². The lowest BCUT2D eigenvalue weighted by molar-refractivity contribution is -0.0117. The molecule has 0 bridgehead atoms. The molecule has 1 aliphatic rings. The molecule has 1 atom stereocenters. The van der Waals surface area contributed by atoms with Crippen molar-refractivity contribution in [2.45, 2.75) is 25.4 Å². The van der Waals surface area contributed by atoms with Crippen LogP contribution in [0.1, 0.15) is 24.8 Å². The molecule has 0 amide bonds. The molecule has 104 valence electrons. The van der Waals surface area contributed by atoms with Crippen molar-refractivity contribution in [1.29, 1.82) is 0 Å². The Bertz CT molecular complexity index is 478. The molecule has 0 spiro atoms. The quantitative estimate of drug-likeness (QED) is 0.849. The van der Waals surface area contributed by atoms with Crippen LogP contribution >= 0.6 is 28.1 Å². The van der Waals surface area contributed by atoms with E-state index in [2.05, 4.69) is 15.9 Å². The van der Waals surface area contributed by atoms with E-state index in [4.69, 9.17) is 27.4 Å². The first-order valence-electron chi connectivity index (χ1n) is 6.12. The molecular weight excluding hydrogens is 333 g/mol. The fourth-order valence-electron chi connectivity index (χ4n) is 1.96. The van der Waals surface area contributed by atoms with Crippen LogP contribution < -0.4 is 10.5 Å². The third-order valence-corrected chi connectivity index (χ3v) is 4.01. The van der Waals surface area contributed by atoms with Gasteiger partial charge in [-0.1, -0.05) is 12.2 Å². The highest BCUT2D eigenvalue weighted by Gasteiger charge is 2.17. The van der Waals surface area contributed by atoms with Crippen LogP contribution in [0.4, 0.5) is 4.39 Å². The largest absolute Gasteiger partial charge is 0.488 e. The average Bonchev–Trinajstić information content (AvgIpc) is 2.41. The van der Waals surface area contributed by atoms with Gasteiger partial charge in [0.2, 0.25) is 0 Å². The van der Waals surface area contributed by atoms with E-state index in [9.17, 15) is 4.39 Å². The van der Waals surface area contributed by atoms with Crippen molar-refractivity contribution in [2.24, 2.45) is 5.73 Å². The van der Waals surface area contributed by atoms with Crippen LogP contribution in [-0.2, 0) is 4.74 Å². The molecule has 1 heterocycles. The highest BCUT2D eigenvalue weighted by Crippen LogP contribution is 2.29. The van der Waals surface area contributed by atoms with E-state index < -0.39 is 5.82 Å². The number of nitrogens with two attached hydrogens (primary N) is 1. The maximum absolute atomic E-state index is 14.0. The molecule has 0 saturated carbocycles. The molecule has 1 saturated heterocycles. The van der Waals surface area contributed by atoms with Crippen molar-refractivity contribution in [1.82, 2.24) is 0 Å². The first-order chi connectivity index (χ1) is 9.09. The zero-order valence-electron chi connectivity index (χ0n) is 10.3. The van der Waals surface area contributed by atoms with Gasteiger partial charge in [0.15, 0.2) is 11.6 Å². The maximum Gasteiger partial charge on any atom is 0.179 e. The normalized spacial score (nSPS) is 19.2. The summed E-state index contributed by atoms with van der Waals surface area (Å²) in [6.07, 6.45) is 3.20. The Hall–Kier alpha value is -0.720. The summed E-state index contributed by atoms with van der Waals surface area (Å²) in [5, 5.41) is 0. The van der Waals surface area contributed by atoms with Crippen LogP contribution in [0, 0.1) is 5.82 Å². The van der Waals surface area contributed by atoms with Crippen LogP contribution in [0.25, 0.3) is 0 Å². The molecule has 6 heteroatoms. The predicted molar refractivity (Wildman–Crippen MR) is 79.1 cm³/mol. The van der Waals surface area contributed by atoms with E-state index in [1.165, 1.54) is 6.07 Å². The van der Waals surface area contributed by atoms with Gasteiger partial charge < -0.3 is 15.2 Å². The molecule has 0 radical (unpaired) electrons. The van der Waals surface area contributed by atoms with E-state index in [1.54, 1.807) is 6.07 Å². The molecule has 19 heavy (non-hydrogen) atoms. The summed E-state index contributed by atoms with van der Waals surface area (Å²) in [5.74, 6) is -0.304. The van der Waals surface area contributed by atoms with Crippen LogP contribution in [0.3, 0.4) is 0 Å². The van der Waals surface area contributed by atoms with E-state index >= 15 is 0 Å². The van der Waals surface area contributed by atoms with E-state index in [-0.39, 0.29) is 21.3 Å². The van der Waals surface area contributed by atoms with Gasteiger partial charge in [-0.05, 0) is 47.3 Å². The molecule has 1 fully saturated rings. The summed E-state index contributed by atoms with van der Waals surface area (Å²) in [6.45, 7) is 1.11. The van der Waals surface area contributed by atoms with Gasteiger partial charge >= 0.3 is 0 Å². The Kier molecular flexibility index (Phi) is 5.13. The van der Waals surface area contributed by atoms with E-state index in [0.717, 1.165) is 25.9 Å². The summed E-state index contributed by atoms with van der Waals surface area (Å²) in [6, 6.07) is 3.18. The number of hydrogen-bond acceptors (Lipinski definition) is 3. The van der Waals surface area contributed by atoms with Crippen molar-refractivity contribution in [2.75, 3.05) is 13.2 Å². The van der Waals surface area contributed by atoms with Gasteiger partial charge in [-0.15, -0.1) is 0 Å². The van der Waals surface area contributed by atoms with Gasteiger partial charge in [0.1, 0.15) is 11.6 Å². The number of hydrogen-bond donors (Lipinski definition) is 1. The highest BCUT2D eigenvalue weighted by molar-refractivity contribution is 9.10. The molecule has 0 aliphatic carbocycles. The third kappa shape index (κ3) is 3.64. The fraction of sp³-hybridized carbons (Fsp3) is 0.462. The van der Waals surface area contributed by atoms with Crippen LogP contribution in [0.5, 0.6) is 5.75 Å². The summed E-state index contributed by atoms with van der Waals surface area (Å²) in [7, 11) is 0. The molecule has 1 aromatic carbocycles. The third-order valence-electron chi connectivity index (χ3n) is 3.01. The Morgan fingerprint density at radius 2 is 2.32 bits per heavy atom. The monoisotopic (exact) mass is 347 g/mol. The van der Waals surface area contributed by atoms with E-state index in [0.29, 0.717) is 12.2 Å². The van der Waals surface area contributed by atoms with Gasteiger partial charge in [0.25, 0.3) is 0 Å². The summed E-state index contributed by atoms with van der Waals surface area (Å²) in [5.41, 5.74) is 5.96. The van der Waals surface area contributed by atoms with Gasteiger partial charge in [-0.25, -0.2) is 4.39 Å². The molecule has 0 aromatic heterocycles. The summed E-state index contributed by atoms with van der Waals surface area (Å²) in [4.78, 5) is 0.146. The molecule has 2 N–H and O–H groups in total. The molecule has 1 aromatic rings. The van der Waals surface area contributed by atoms with Crippen LogP contribution in [0.2, 0.25) is 0 Å². The lowest BCUT2D eigenvalue weighted by Crippen LogP contribution is -2.26. The highest BCUT2D eigenvalue weighted by atomic mass is 79.9. The van der Waals surface area contributed by atoms with Gasteiger partial charge in [-0.3, -0.25) is 0 Å². The first kappa shape index (κ1) is 14.7. The Morgan fingerprint density at radius 3 is 2.95 bits per heavy atom. The summed E-state index contributed by atoms with van der Waals surface area (Å²) >= 11 is 7.98. The summed E-state index contributed by atoms with van der Waals surface area (Å²) < 4.78 is 25.3. The van der Waals surface area contributed by atoms with Crippen LogP contribution in [-0.4, -0.2) is 24.3 Å². The van der Waals surface area contributed by atoms with Crippen molar-refractivity contribution >= 4 is 33.1 Å². The topological polar surface area (TPSA) is 44.5 Å². The first-order valence-corrected chi connectivity index (χ1v) is 7.32. The van der Waals surface area contributed by atoms with Crippen molar-refractivity contribution in [3.63, 3.8) is 0 Å². The average molecular weight is 348 g/mol. The number of benzene rings is 1. The van der Waals surface area contributed by atoms with Gasteiger partial charge in [0, 0.05) is 12.2 Å². The molecule has 1 aliphatic heterocycles. The standard InChI is InChI=1S/C13H15BrFNO2S/c14-11-9(13(16)19)4-5-10(12(11)15)18-7-8-3-1-2-6-17-8/h4-5,8H,1-3,6-7H2,(H2,16,19). The van der Waals surface area contributed by atoms with Gasteiger partial charge in [0.05, 0.1) is 10.6 Å². The molecular formula is C13H15BrFNO2S. The number of halogens is 2. The van der Waals surface area contributed by atoms with Crippen molar-refractivity contribution in [3.8, 4) is 5.75 Å². The minimum absolute atomic E-state index is 0.0437. The minimum Gasteiger partial charge on any atom is -0.488 e. The molecule has 3 nitrogen and oxygen atoms in total. The molecule has 1 unspecified atom stereocenters. The fourth-order valence-corrected chi connectivity index (χ4v) is 2.80. The SMILES string of the molecule is NC(=S)c1ccc(OCC2CCCCO2)c(F)c1Br. The molecule has 2 rings (SSSR count). The second kappa shape index (κ2) is 6.63. The number of rotatable bonds is 4. The minimum atomic E-state index is -0.485. The predicted octanol–water partition coefficient (Wildman–Crippen LogP) is 3.17. The second-order valence-corrected chi connectivity index (χ2v) is 5.64. The van der Waals surface area contributed by atoms with Crippen molar-refractivity contribution in [3.05, 3.63) is 28.0 Å². The zero-order chi connectivity index (χ0) is 13.8. The Balaban J connectivity index is 2.04. The Labute approximate surface area is 125 Å². The van der Waals surface area contributed by atoms with Crippen molar-refractivity contribution < 1.29 is 13.9 Å². The number of ether oxygens (including phenoxy) is 2. The lowest BCUT2D eigenvalue weighted by atomic mass is 10.1. The van der Waals surface area contributed by atoms with E-state index in [1.807, 2.05) is 0 Å². The smallest absolute Gasteiger partial charge is 0.179 e. The zero-order valence-corrected chi connectivity index (χ0v) is 12.7. The second-order valence-electron chi connectivity index (χ2n) is 4.40. The Morgan fingerprint density at radius 1 is 1.53 bits per heavy atom. The number of thiocarbonyl (C=S) groups is 1. The lowest BCUT2D eigenvalue weighted by Gasteiger charge is -2.22.